The molecule has 0 heterocycles. The van der Waals surface area contributed by atoms with E-state index in [0.29, 0.717) is 29.8 Å². The second kappa shape index (κ2) is 4.43. The van der Waals surface area contributed by atoms with Gasteiger partial charge in [-0.15, -0.1) is 0 Å². The molecular formula is C20H26O2. The molecule has 22 heavy (non-hydrogen) atoms. The van der Waals surface area contributed by atoms with Gasteiger partial charge in [-0.3, -0.25) is 9.59 Å². The lowest BCUT2D eigenvalue weighted by atomic mass is 9.53. The second-order valence-corrected chi connectivity index (χ2v) is 8.51. The highest BCUT2D eigenvalue weighted by molar-refractivity contribution is 5.95. The highest BCUT2D eigenvalue weighted by Gasteiger charge is 2.57. The predicted octanol–water partition coefficient (Wildman–Crippen LogP) is 4.25. The Kier molecular flexibility index (Phi) is 2.90. The van der Waals surface area contributed by atoms with Crippen molar-refractivity contribution < 1.29 is 9.59 Å². The van der Waals surface area contributed by atoms with Crippen LogP contribution in [-0.4, -0.2) is 11.6 Å². The molecule has 2 nitrogen and oxygen atoms in total. The first-order chi connectivity index (χ1) is 10.4. The molecule has 2 heteroatoms. The monoisotopic (exact) mass is 298 g/mol. The van der Waals surface area contributed by atoms with Crippen LogP contribution in [0.4, 0.5) is 0 Å². The number of carbonyl (C=O) groups is 2. The van der Waals surface area contributed by atoms with Crippen molar-refractivity contribution in [2.75, 3.05) is 0 Å². The van der Waals surface area contributed by atoms with E-state index in [9.17, 15) is 9.59 Å². The quantitative estimate of drug-likeness (QED) is 0.678. The van der Waals surface area contributed by atoms with E-state index in [1.54, 1.807) is 6.92 Å². The maximum absolute atomic E-state index is 12.1. The van der Waals surface area contributed by atoms with Crippen molar-refractivity contribution in [3.05, 3.63) is 23.3 Å². The van der Waals surface area contributed by atoms with Crippen molar-refractivity contribution in [3.8, 4) is 0 Å². The third kappa shape index (κ3) is 1.67. The fraction of sp³-hybridized carbons (Fsp3) is 0.700. The summed E-state index contributed by atoms with van der Waals surface area (Å²) in [7, 11) is 0. The minimum Gasteiger partial charge on any atom is -0.300 e. The smallest absolute Gasteiger partial charge is 0.156 e. The minimum absolute atomic E-state index is 0.00433. The van der Waals surface area contributed by atoms with Crippen molar-refractivity contribution in [1.82, 2.24) is 0 Å². The number of carbonyl (C=O) groups excluding carboxylic acids is 2. The molecule has 0 radical (unpaired) electrons. The summed E-state index contributed by atoms with van der Waals surface area (Å²) in [6.45, 7) is 6.40. The SMILES string of the molecule is CC(=O)C1CCC2C3CCC4=CC(=O)CC4(C)C3=CCC12C. The molecular weight excluding hydrogens is 272 g/mol. The van der Waals surface area contributed by atoms with Gasteiger partial charge in [0.15, 0.2) is 5.78 Å². The Morgan fingerprint density at radius 3 is 2.73 bits per heavy atom. The fourth-order valence-corrected chi connectivity index (χ4v) is 6.39. The van der Waals surface area contributed by atoms with Crippen LogP contribution in [0.3, 0.4) is 0 Å². The Bertz CT molecular complexity index is 626. The van der Waals surface area contributed by atoms with Crippen molar-refractivity contribution >= 4 is 11.6 Å². The van der Waals surface area contributed by atoms with Crippen LogP contribution in [0.1, 0.15) is 59.3 Å². The standard InChI is InChI=1S/C20H26O2/c1-12(21)16-6-7-17-15-5-4-13-10-14(22)11-20(13,3)18(15)8-9-19(16,17)2/h8,10,15-17H,4-7,9,11H2,1-3H3. The molecule has 0 aromatic carbocycles. The summed E-state index contributed by atoms with van der Waals surface area (Å²) in [5.41, 5.74) is 3.04. The summed E-state index contributed by atoms with van der Waals surface area (Å²) in [5.74, 6) is 2.15. The van der Waals surface area contributed by atoms with Gasteiger partial charge in [-0.1, -0.05) is 31.1 Å². The maximum Gasteiger partial charge on any atom is 0.156 e. The third-order valence-electron chi connectivity index (χ3n) is 7.48. The maximum atomic E-state index is 12.1. The van der Waals surface area contributed by atoms with E-state index in [4.69, 9.17) is 0 Å². The topological polar surface area (TPSA) is 34.1 Å². The van der Waals surface area contributed by atoms with Crippen LogP contribution >= 0.6 is 0 Å². The molecule has 2 saturated carbocycles. The van der Waals surface area contributed by atoms with Crippen LogP contribution in [0.15, 0.2) is 23.3 Å². The van der Waals surface area contributed by atoms with E-state index in [1.165, 1.54) is 24.0 Å². The van der Waals surface area contributed by atoms with Gasteiger partial charge in [-0.05, 0) is 62.4 Å². The summed E-state index contributed by atoms with van der Waals surface area (Å²) in [6, 6.07) is 0. The number of fused-ring (bicyclic) bond motifs is 5. The molecule has 118 valence electrons. The van der Waals surface area contributed by atoms with E-state index in [0.717, 1.165) is 19.3 Å². The largest absolute Gasteiger partial charge is 0.300 e. The first-order valence-corrected chi connectivity index (χ1v) is 8.81. The number of hydrogen-bond acceptors (Lipinski definition) is 2. The molecule has 4 aliphatic carbocycles. The van der Waals surface area contributed by atoms with E-state index < -0.39 is 0 Å². The van der Waals surface area contributed by atoms with Crippen LogP contribution in [0.5, 0.6) is 0 Å². The summed E-state index contributed by atoms with van der Waals surface area (Å²) in [4.78, 5) is 24.1. The van der Waals surface area contributed by atoms with Gasteiger partial charge in [0.25, 0.3) is 0 Å². The number of allylic oxidation sites excluding steroid dienone is 4. The zero-order valence-electron chi connectivity index (χ0n) is 13.9. The Morgan fingerprint density at radius 2 is 2.00 bits per heavy atom. The molecule has 0 aromatic rings. The minimum atomic E-state index is -0.00433. The summed E-state index contributed by atoms with van der Waals surface area (Å²) in [5, 5.41) is 0. The van der Waals surface area contributed by atoms with E-state index in [2.05, 4.69) is 19.9 Å². The molecule has 5 atom stereocenters. The van der Waals surface area contributed by atoms with Crippen molar-refractivity contribution in [2.45, 2.75) is 59.3 Å². The third-order valence-corrected chi connectivity index (χ3v) is 7.48. The normalized spacial score (nSPS) is 46.5. The molecule has 0 spiro atoms. The molecule has 5 unspecified atom stereocenters. The van der Waals surface area contributed by atoms with Crippen LogP contribution < -0.4 is 0 Å². The van der Waals surface area contributed by atoms with Gasteiger partial charge in [-0.25, -0.2) is 0 Å². The molecule has 0 amide bonds. The van der Waals surface area contributed by atoms with E-state index in [-0.39, 0.29) is 16.7 Å². The number of rotatable bonds is 1. The molecule has 0 aliphatic heterocycles. The van der Waals surface area contributed by atoms with Gasteiger partial charge >= 0.3 is 0 Å². The Labute approximate surface area is 133 Å². The molecule has 0 bridgehead atoms. The number of ketones is 2. The van der Waals surface area contributed by atoms with Gasteiger partial charge in [0, 0.05) is 17.8 Å². The Hall–Kier alpha value is -1.18. The molecule has 0 saturated heterocycles. The molecule has 2 fully saturated rings. The lowest BCUT2D eigenvalue weighted by Gasteiger charge is -2.51. The summed E-state index contributed by atoms with van der Waals surface area (Å²) in [6.07, 6.45) is 10.5. The summed E-state index contributed by atoms with van der Waals surface area (Å²) >= 11 is 0. The lowest BCUT2D eigenvalue weighted by Crippen LogP contribution is -2.43. The fourth-order valence-electron chi connectivity index (χ4n) is 6.39. The average molecular weight is 298 g/mol. The van der Waals surface area contributed by atoms with Gasteiger partial charge in [0.1, 0.15) is 5.78 Å². The van der Waals surface area contributed by atoms with Crippen LogP contribution in [0.25, 0.3) is 0 Å². The lowest BCUT2D eigenvalue weighted by molar-refractivity contribution is -0.124. The van der Waals surface area contributed by atoms with Gasteiger partial charge in [-0.2, -0.15) is 0 Å². The van der Waals surface area contributed by atoms with Gasteiger partial charge in [0.2, 0.25) is 0 Å². The predicted molar refractivity (Wildman–Crippen MR) is 86.2 cm³/mol. The van der Waals surface area contributed by atoms with Crippen LogP contribution in [-0.2, 0) is 9.59 Å². The Morgan fingerprint density at radius 1 is 1.23 bits per heavy atom. The first-order valence-electron chi connectivity index (χ1n) is 8.81. The molecule has 4 aliphatic rings. The van der Waals surface area contributed by atoms with Crippen molar-refractivity contribution in [1.29, 1.82) is 0 Å². The molecule has 0 aromatic heterocycles. The highest BCUT2D eigenvalue weighted by atomic mass is 16.1. The zero-order valence-corrected chi connectivity index (χ0v) is 13.9. The van der Waals surface area contributed by atoms with Crippen molar-refractivity contribution in [3.63, 3.8) is 0 Å². The van der Waals surface area contributed by atoms with Crippen molar-refractivity contribution in [2.24, 2.45) is 28.6 Å². The average Bonchev–Trinajstić information content (AvgIpc) is 2.93. The van der Waals surface area contributed by atoms with Crippen LogP contribution in [0, 0.1) is 28.6 Å². The second-order valence-electron chi connectivity index (χ2n) is 8.51. The van der Waals surface area contributed by atoms with Gasteiger partial charge in [0.05, 0.1) is 0 Å². The van der Waals surface area contributed by atoms with E-state index in [1.807, 2.05) is 6.08 Å². The van der Waals surface area contributed by atoms with E-state index >= 15 is 0 Å². The zero-order chi connectivity index (χ0) is 15.7. The Balaban J connectivity index is 1.75. The summed E-state index contributed by atoms with van der Waals surface area (Å²) < 4.78 is 0. The number of Topliss-reactive ketones (excluding diaryl/α,β-unsaturated/α-hetero) is 1. The first kappa shape index (κ1) is 14.4. The van der Waals surface area contributed by atoms with Gasteiger partial charge < -0.3 is 0 Å². The number of hydrogen-bond donors (Lipinski definition) is 0. The molecule has 0 N–H and O–H groups in total. The van der Waals surface area contributed by atoms with Crippen LogP contribution in [0.2, 0.25) is 0 Å². The molecule has 4 rings (SSSR count). The highest BCUT2D eigenvalue weighted by Crippen LogP contribution is 2.64.